The average molecular weight is 372 g/mol. The van der Waals surface area contributed by atoms with Gasteiger partial charge in [-0.2, -0.15) is 4.68 Å². The summed E-state index contributed by atoms with van der Waals surface area (Å²) >= 11 is 0. The summed E-state index contributed by atoms with van der Waals surface area (Å²) in [6.07, 6.45) is 4.61. The molecule has 0 spiro atoms. The smallest absolute Gasteiger partial charge is 0.255 e. The molecule has 0 aliphatic carbocycles. The molecule has 2 heterocycles. The first-order valence-electron chi connectivity index (χ1n) is 8.55. The van der Waals surface area contributed by atoms with Crippen molar-refractivity contribution in [3.05, 3.63) is 90.5 Å². The Balaban J connectivity index is 1.58. The lowest BCUT2D eigenvalue weighted by atomic mass is 10.2. The zero-order valence-corrected chi connectivity index (χ0v) is 14.8. The van der Waals surface area contributed by atoms with Crippen LogP contribution in [0.1, 0.15) is 15.9 Å². The van der Waals surface area contributed by atoms with Crippen LogP contribution in [0.2, 0.25) is 0 Å². The monoisotopic (exact) mass is 372 g/mol. The Kier molecular flexibility index (Phi) is 5.01. The SMILES string of the molecule is O=C(Nc1ccc(OCc2ccccc2)c(-n2cnnn2)c1)c1ccncc1. The number of aromatic nitrogens is 5. The summed E-state index contributed by atoms with van der Waals surface area (Å²) in [6.45, 7) is 0.401. The standard InChI is InChI=1S/C20H16N6O2/c27-20(16-8-10-21-11-9-16)23-17-6-7-19(18(12-17)26-14-22-24-25-26)28-13-15-4-2-1-3-5-15/h1-12,14H,13H2,(H,23,27). The van der Waals surface area contributed by atoms with E-state index < -0.39 is 0 Å². The molecule has 0 fully saturated rings. The number of nitrogens with one attached hydrogen (secondary N) is 1. The minimum Gasteiger partial charge on any atom is -0.487 e. The predicted octanol–water partition coefficient (Wildman–Crippen LogP) is 2.89. The Bertz CT molecular complexity index is 1050. The third-order valence-corrected chi connectivity index (χ3v) is 3.99. The van der Waals surface area contributed by atoms with Crippen molar-refractivity contribution >= 4 is 11.6 Å². The zero-order chi connectivity index (χ0) is 19.2. The summed E-state index contributed by atoms with van der Waals surface area (Å²) in [5.41, 5.74) is 2.77. The minimum atomic E-state index is -0.233. The highest BCUT2D eigenvalue weighted by atomic mass is 16.5. The summed E-state index contributed by atoms with van der Waals surface area (Å²) in [6, 6.07) is 18.4. The number of anilines is 1. The van der Waals surface area contributed by atoms with Crippen molar-refractivity contribution in [2.75, 3.05) is 5.32 Å². The third kappa shape index (κ3) is 4.01. The van der Waals surface area contributed by atoms with Crippen molar-refractivity contribution in [2.45, 2.75) is 6.61 Å². The molecule has 0 radical (unpaired) electrons. The van der Waals surface area contributed by atoms with Crippen molar-refractivity contribution in [3.8, 4) is 11.4 Å². The molecular formula is C20H16N6O2. The number of benzene rings is 2. The van der Waals surface area contributed by atoms with Gasteiger partial charge in [0.05, 0.1) is 0 Å². The Hall–Kier alpha value is -4.07. The number of tetrazole rings is 1. The van der Waals surface area contributed by atoms with Crippen molar-refractivity contribution in [1.29, 1.82) is 0 Å². The second-order valence-corrected chi connectivity index (χ2v) is 5.90. The molecule has 1 amide bonds. The van der Waals surface area contributed by atoms with Crippen molar-refractivity contribution in [1.82, 2.24) is 25.2 Å². The average Bonchev–Trinajstić information content (AvgIpc) is 3.29. The van der Waals surface area contributed by atoms with E-state index in [1.165, 1.54) is 11.0 Å². The molecule has 4 rings (SSSR count). The lowest BCUT2D eigenvalue weighted by Crippen LogP contribution is -2.12. The molecule has 28 heavy (non-hydrogen) atoms. The zero-order valence-electron chi connectivity index (χ0n) is 14.8. The molecule has 8 heteroatoms. The Morgan fingerprint density at radius 3 is 2.61 bits per heavy atom. The van der Waals surface area contributed by atoms with E-state index in [1.807, 2.05) is 30.3 Å². The molecule has 8 nitrogen and oxygen atoms in total. The number of hydrogen-bond donors (Lipinski definition) is 1. The number of rotatable bonds is 6. The lowest BCUT2D eigenvalue weighted by Gasteiger charge is -2.13. The summed E-state index contributed by atoms with van der Waals surface area (Å²) in [5.74, 6) is 0.362. The molecule has 4 aromatic rings. The molecule has 138 valence electrons. The first-order chi connectivity index (χ1) is 13.8. The van der Waals surface area contributed by atoms with Gasteiger partial charge in [-0.3, -0.25) is 9.78 Å². The Morgan fingerprint density at radius 2 is 1.86 bits per heavy atom. The quantitative estimate of drug-likeness (QED) is 0.559. The second-order valence-electron chi connectivity index (χ2n) is 5.90. The van der Waals surface area contributed by atoms with Crippen LogP contribution in [0.25, 0.3) is 5.69 Å². The predicted molar refractivity (Wildman–Crippen MR) is 102 cm³/mol. The maximum Gasteiger partial charge on any atom is 0.255 e. The highest BCUT2D eigenvalue weighted by Gasteiger charge is 2.12. The number of ether oxygens (including phenoxy) is 1. The second kappa shape index (κ2) is 8.09. The molecule has 1 N–H and O–H groups in total. The van der Waals surface area contributed by atoms with Crippen LogP contribution in [-0.4, -0.2) is 31.1 Å². The molecule has 0 unspecified atom stereocenters. The van der Waals surface area contributed by atoms with Gasteiger partial charge in [-0.1, -0.05) is 30.3 Å². The maximum absolute atomic E-state index is 12.4. The van der Waals surface area contributed by atoms with E-state index in [-0.39, 0.29) is 5.91 Å². The highest BCUT2D eigenvalue weighted by molar-refractivity contribution is 6.04. The number of amides is 1. The first kappa shape index (κ1) is 17.3. The van der Waals surface area contributed by atoms with Gasteiger partial charge in [0, 0.05) is 23.6 Å². The van der Waals surface area contributed by atoms with Gasteiger partial charge in [-0.05, 0) is 46.3 Å². The summed E-state index contributed by atoms with van der Waals surface area (Å²) in [7, 11) is 0. The van der Waals surface area contributed by atoms with E-state index in [2.05, 4.69) is 25.8 Å². The van der Waals surface area contributed by atoms with Gasteiger partial charge in [0.15, 0.2) is 0 Å². The molecule has 0 aliphatic rings. The van der Waals surface area contributed by atoms with Crippen molar-refractivity contribution in [2.24, 2.45) is 0 Å². The van der Waals surface area contributed by atoms with Gasteiger partial charge in [-0.25, -0.2) is 0 Å². The molecule has 0 saturated carbocycles. The normalized spacial score (nSPS) is 10.4. The van der Waals surface area contributed by atoms with Crippen LogP contribution in [-0.2, 0) is 6.61 Å². The molecule has 2 aromatic heterocycles. The summed E-state index contributed by atoms with van der Waals surface area (Å²) in [5, 5.41) is 14.1. The fourth-order valence-electron chi connectivity index (χ4n) is 2.61. The third-order valence-electron chi connectivity index (χ3n) is 3.99. The van der Waals surface area contributed by atoms with Gasteiger partial charge < -0.3 is 10.1 Å². The maximum atomic E-state index is 12.4. The number of carbonyl (C=O) groups excluding carboxylic acids is 1. The van der Waals surface area contributed by atoms with Crippen LogP contribution < -0.4 is 10.1 Å². The number of hydrogen-bond acceptors (Lipinski definition) is 6. The van der Waals surface area contributed by atoms with E-state index in [0.29, 0.717) is 29.3 Å². The van der Waals surface area contributed by atoms with Crippen LogP contribution in [0.4, 0.5) is 5.69 Å². The van der Waals surface area contributed by atoms with Crippen LogP contribution in [0.15, 0.2) is 79.4 Å². The van der Waals surface area contributed by atoms with Crippen LogP contribution >= 0.6 is 0 Å². The van der Waals surface area contributed by atoms with Crippen molar-refractivity contribution in [3.63, 3.8) is 0 Å². The van der Waals surface area contributed by atoms with Gasteiger partial charge in [0.2, 0.25) is 0 Å². The number of carbonyl (C=O) groups is 1. The fraction of sp³-hybridized carbons (Fsp3) is 0.0500. The van der Waals surface area contributed by atoms with E-state index >= 15 is 0 Å². The van der Waals surface area contributed by atoms with Gasteiger partial charge in [0.25, 0.3) is 5.91 Å². The van der Waals surface area contributed by atoms with Crippen LogP contribution in [0, 0.1) is 0 Å². The highest BCUT2D eigenvalue weighted by Crippen LogP contribution is 2.27. The first-order valence-corrected chi connectivity index (χ1v) is 8.55. The minimum absolute atomic E-state index is 0.233. The van der Waals surface area contributed by atoms with E-state index in [1.54, 1.807) is 42.7 Å². The van der Waals surface area contributed by atoms with Crippen LogP contribution in [0.5, 0.6) is 5.75 Å². The van der Waals surface area contributed by atoms with Crippen LogP contribution in [0.3, 0.4) is 0 Å². The molecule has 0 bridgehead atoms. The van der Waals surface area contributed by atoms with E-state index in [4.69, 9.17) is 4.74 Å². The Morgan fingerprint density at radius 1 is 1.04 bits per heavy atom. The summed E-state index contributed by atoms with van der Waals surface area (Å²) in [4.78, 5) is 16.3. The van der Waals surface area contributed by atoms with Gasteiger partial charge in [0.1, 0.15) is 24.4 Å². The fourth-order valence-corrected chi connectivity index (χ4v) is 2.61. The number of pyridine rings is 1. The van der Waals surface area contributed by atoms with Gasteiger partial charge in [-0.15, -0.1) is 5.10 Å². The number of nitrogens with zero attached hydrogens (tertiary/aromatic N) is 5. The largest absolute Gasteiger partial charge is 0.487 e. The van der Waals surface area contributed by atoms with Gasteiger partial charge >= 0.3 is 0 Å². The molecule has 0 saturated heterocycles. The van der Waals surface area contributed by atoms with Crippen molar-refractivity contribution < 1.29 is 9.53 Å². The molecule has 2 aromatic carbocycles. The molecule has 0 aliphatic heterocycles. The summed E-state index contributed by atoms with van der Waals surface area (Å²) < 4.78 is 7.44. The molecule has 0 atom stereocenters. The molecular weight excluding hydrogens is 356 g/mol. The van der Waals surface area contributed by atoms with E-state index in [0.717, 1.165) is 5.56 Å². The van der Waals surface area contributed by atoms with E-state index in [9.17, 15) is 4.79 Å². The topological polar surface area (TPSA) is 94.8 Å². The Labute approximate surface area is 160 Å². The lowest BCUT2D eigenvalue weighted by molar-refractivity contribution is 0.102.